The van der Waals surface area contributed by atoms with Gasteiger partial charge >= 0.3 is 0 Å². The molecular formula is C26H34N4O3. The highest BCUT2D eigenvalue weighted by atomic mass is 16.5. The molecule has 1 amide bonds. The summed E-state index contributed by atoms with van der Waals surface area (Å²) >= 11 is 0. The van der Waals surface area contributed by atoms with Crippen LogP contribution in [0.1, 0.15) is 43.6 Å². The van der Waals surface area contributed by atoms with Crippen molar-refractivity contribution >= 4 is 11.6 Å². The van der Waals surface area contributed by atoms with Gasteiger partial charge in [0, 0.05) is 48.6 Å². The first-order valence-electron chi connectivity index (χ1n) is 11.7. The normalized spacial score (nSPS) is 18.5. The second-order valence-corrected chi connectivity index (χ2v) is 9.37. The van der Waals surface area contributed by atoms with Gasteiger partial charge in [-0.25, -0.2) is 9.50 Å². The second kappa shape index (κ2) is 9.41. The summed E-state index contributed by atoms with van der Waals surface area (Å²) in [5.74, 6) is 2.79. The number of carbonyl (C=O) groups is 1. The average molecular weight is 451 g/mol. The molecule has 2 atom stereocenters. The predicted octanol–water partition coefficient (Wildman–Crippen LogP) is 4.47. The zero-order valence-electron chi connectivity index (χ0n) is 20.5. The summed E-state index contributed by atoms with van der Waals surface area (Å²) in [5, 5.41) is 4.82. The van der Waals surface area contributed by atoms with Crippen molar-refractivity contribution in [3.63, 3.8) is 0 Å². The average Bonchev–Trinajstić information content (AvgIpc) is 3.21. The van der Waals surface area contributed by atoms with Crippen molar-refractivity contribution in [1.82, 2.24) is 19.5 Å². The molecule has 3 aromatic rings. The molecule has 1 aliphatic heterocycles. The summed E-state index contributed by atoms with van der Waals surface area (Å²) in [6.07, 6.45) is 2.36. The van der Waals surface area contributed by atoms with E-state index in [9.17, 15) is 4.79 Å². The van der Waals surface area contributed by atoms with Gasteiger partial charge in [0.05, 0.1) is 19.9 Å². The quantitative estimate of drug-likeness (QED) is 0.554. The van der Waals surface area contributed by atoms with Gasteiger partial charge < -0.3 is 14.4 Å². The summed E-state index contributed by atoms with van der Waals surface area (Å²) in [6, 6.07) is 7.66. The van der Waals surface area contributed by atoms with Gasteiger partial charge in [-0.15, -0.1) is 0 Å². The molecule has 0 aliphatic carbocycles. The molecule has 1 fully saturated rings. The number of carbonyl (C=O) groups excluding carboxylic acids is 1. The second-order valence-electron chi connectivity index (χ2n) is 9.37. The van der Waals surface area contributed by atoms with Gasteiger partial charge in [0.1, 0.15) is 11.5 Å². The Morgan fingerprint density at radius 3 is 2.48 bits per heavy atom. The van der Waals surface area contributed by atoms with Crippen molar-refractivity contribution in [2.24, 2.45) is 11.8 Å². The number of amides is 1. The van der Waals surface area contributed by atoms with Crippen molar-refractivity contribution in [1.29, 1.82) is 0 Å². The Balaban J connectivity index is 1.59. The molecule has 0 N–H and O–H groups in total. The molecule has 0 unspecified atom stereocenters. The van der Waals surface area contributed by atoms with E-state index in [1.807, 2.05) is 40.6 Å². The number of ether oxygens (including phenoxy) is 2. The highest BCUT2D eigenvalue weighted by molar-refractivity contribution is 5.77. The fraction of sp³-hybridized carbons (Fsp3) is 0.500. The topological polar surface area (TPSA) is 69.0 Å². The van der Waals surface area contributed by atoms with Crippen molar-refractivity contribution in [2.75, 3.05) is 27.3 Å². The van der Waals surface area contributed by atoms with Crippen LogP contribution in [0.5, 0.6) is 11.5 Å². The number of likely N-dealkylation sites (tertiary alicyclic amines) is 1. The Labute approximate surface area is 195 Å². The molecule has 0 radical (unpaired) electrons. The zero-order valence-corrected chi connectivity index (χ0v) is 20.5. The van der Waals surface area contributed by atoms with E-state index in [1.165, 1.54) is 6.42 Å². The highest BCUT2D eigenvalue weighted by Crippen LogP contribution is 2.33. The molecule has 33 heavy (non-hydrogen) atoms. The Bertz CT molecular complexity index is 1160. The number of piperidine rings is 1. The van der Waals surface area contributed by atoms with E-state index >= 15 is 0 Å². The van der Waals surface area contributed by atoms with Crippen LogP contribution in [-0.2, 0) is 11.2 Å². The number of hydrogen-bond donors (Lipinski definition) is 0. The molecule has 2 aromatic heterocycles. The molecule has 1 aliphatic rings. The standard InChI is InChI=1S/C26H34N4O3/c1-16-11-17(2)15-29(14-16)26(31)10-9-21-18(3)27-25-13-23(28-30(25)19(21)4)22-8-7-20(32-5)12-24(22)33-6/h7-8,12-13,16-17H,9-11,14-15H2,1-6H3/t16-,17-/m0/s1. The first-order valence-corrected chi connectivity index (χ1v) is 11.7. The molecule has 4 rings (SSSR count). The number of nitrogens with zero attached hydrogens (tertiary/aromatic N) is 4. The van der Waals surface area contributed by atoms with E-state index in [1.54, 1.807) is 14.2 Å². The Morgan fingerprint density at radius 1 is 1.09 bits per heavy atom. The van der Waals surface area contributed by atoms with Crippen LogP contribution in [0.25, 0.3) is 16.9 Å². The predicted molar refractivity (Wildman–Crippen MR) is 129 cm³/mol. The third-order valence-corrected chi connectivity index (χ3v) is 6.66. The lowest BCUT2D eigenvalue weighted by Gasteiger charge is -2.35. The summed E-state index contributed by atoms with van der Waals surface area (Å²) < 4.78 is 12.7. The van der Waals surface area contributed by atoms with Gasteiger partial charge in [0.15, 0.2) is 5.65 Å². The fourth-order valence-electron chi connectivity index (χ4n) is 5.09. The molecule has 7 heteroatoms. The molecular weight excluding hydrogens is 416 g/mol. The molecule has 1 saturated heterocycles. The number of benzene rings is 1. The van der Waals surface area contributed by atoms with E-state index in [0.717, 1.165) is 52.7 Å². The van der Waals surface area contributed by atoms with Gasteiger partial charge in [-0.2, -0.15) is 5.10 Å². The molecule has 3 heterocycles. The van der Waals surface area contributed by atoms with Gasteiger partial charge in [-0.1, -0.05) is 13.8 Å². The van der Waals surface area contributed by atoms with Crippen molar-refractivity contribution in [3.8, 4) is 22.8 Å². The van der Waals surface area contributed by atoms with Crippen molar-refractivity contribution < 1.29 is 14.3 Å². The number of aromatic nitrogens is 3. The van der Waals surface area contributed by atoms with Crippen LogP contribution in [0.3, 0.4) is 0 Å². The third kappa shape index (κ3) is 4.68. The van der Waals surface area contributed by atoms with E-state index in [4.69, 9.17) is 19.6 Å². The van der Waals surface area contributed by atoms with Gasteiger partial charge in [-0.3, -0.25) is 4.79 Å². The summed E-state index contributed by atoms with van der Waals surface area (Å²) in [7, 11) is 3.27. The summed E-state index contributed by atoms with van der Waals surface area (Å²) in [5.41, 5.74) is 5.50. The maximum Gasteiger partial charge on any atom is 0.222 e. The van der Waals surface area contributed by atoms with Crippen LogP contribution >= 0.6 is 0 Å². The van der Waals surface area contributed by atoms with E-state index in [2.05, 4.69) is 20.8 Å². The van der Waals surface area contributed by atoms with Gasteiger partial charge in [-0.05, 0) is 56.2 Å². The van der Waals surface area contributed by atoms with Crippen LogP contribution in [0.2, 0.25) is 0 Å². The first-order chi connectivity index (χ1) is 15.8. The van der Waals surface area contributed by atoms with Crippen LogP contribution < -0.4 is 9.47 Å². The van der Waals surface area contributed by atoms with Crippen LogP contribution in [0.15, 0.2) is 24.3 Å². The smallest absolute Gasteiger partial charge is 0.222 e. The Kier molecular flexibility index (Phi) is 6.58. The van der Waals surface area contributed by atoms with Crippen molar-refractivity contribution in [2.45, 2.75) is 47.0 Å². The van der Waals surface area contributed by atoms with Crippen molar-refractivity contribution in [3.05, 3.63) is 41.2 Å². The minimum atomic E-state index is 0.233. The maximum atomic E-state index is 12.9. The molecule has 1 aromatic carbocycles. The lowest BCUT2D eigenvalue weighted by atomic mass is 9.91. The highest BCUT2D eigenvalue weighted by Gasteiger charge is 2.25. The Hall–Kier alpha value is -3.09. The minimum absolute atomic E-state index is 0.233. The number of hydrogen-bond acceptors (Lipinski definition) is 5. The summed E-state index contributed by atoms with van der Waals surface area (Å²) in [4.78, 5) is 19.8. The molecule has 7 nitrogen and oxygen atoms in total. The third-order valence-electron chi connectivity index (χ3n) is 6.66. The minimum Gasteiger partial charge on any atom is -0.497 e. The maximum absolute atomic E-state index is 12.9. The number of rotatable bonds is 6. The van der Waals surface area contributed by atoms with Gasteiger partial charge in [0.25, 0.3) is 0 Å². The van der Waals surface area contributed by atoms with E-state index in [0.29, 0.717) is 30.4 Å². The van der Waals surface area contributed by atoms with Crippen LogP contribution in [0, 0.1) is 25.7 Å². The van der Waals surface area contributed by atoms with Gasteiger partial charge in [0.2, 0.25) is 5.91 Å². The lowest BCUT2D eigenvalue weighted by Crippen LogP contribution is -2.42. The fourth-order valence-corrected chi connectivity index (χ4v) is 5.09. The molecule has 0 bridgehead atoms. The SMILES string of the molecule is COc1ccc(-c2cc3nc(C)c(CCC(=O)N4C[C@@H](C)C[C@H](C)C4)c(C)n3n2)c(OC)c1. The Morgan fingerprint density at radius 2 is 1.82 bits per heavy atom. The monoisotopic (exact) mass is 450 g/mol. The van der Waals surface area contributed by atoms with E-state index in [-0.39, 0.29) is 5.91 Å². The van der Waals surface area contributed by atoms with Crippen LogP contribution in [-0.4, -0.2) is 52.7 Å². The molecule has 0 spiro atoms. The largest absolute Gasteiger partial charge is 0.497 e. The lowest BCUT2D eigenvalue weighted by molar-refractivity contribution is -0.133. The number of methoxy groups -OCH3 is 2. The van der Waals surface area contributed by atoms with E-state index < -0.39 is 0 Å². The zero-order chi connectivity index (χ0) is 23.7. The molecule has 0 saturated carbocycles. The molecule has 176 valence electrons. The summed E-state index contributed by atoms with van der Waals surface area (Å²) in [6.45, 7) is 10.3. The number of aryl methyl sites for hydroxylation is 2. The first kappa shape index (κ1) is 23.1. The number of fused-ring (bicyclic) bond motifs is 1. The van der Waals surface area contributed by atoms with Crippen LogP contribution in [0.4, 0.5) is 0 Å².